The Morgan fingerprint density at radius 2 is 1.80 bits per heavy atom. The van der Waals surface area contributed by atoms with Gasteiger partial charge in [-0.1, -0.05) is 37.1 Å². The Morgan fingerprint density at radius 1 is 1.02 bits per heavy atom. The highest BCUT2D eigenvalue weighted by atomic mass is 32.2. The molecule has 19 heteroatoms. The van der Waals surface area contributed by atoms with Crippen molar-refractivity contribution >= 4 is 52.4 Å². The third-order valence-corrected chi connectivity index (χ3v) is 10.7. The summed E-state index contributed by atoms with van der Waals surface area (Å²) in [6.45, 7) is 9.61. The third-order valence-electron chi connectivity index (χ3n) is 9.40. The Bertz CT molecular complexity index is 1900. The summed E-state index contributed by atoms with van der Waals surface area (Å²) >= 11 is 0.827. The number of carbonyl (C=O) groups excluding carboxylic acids is 1. The normalized spacial score (nSPS) is 14.8. The van der Waals surface area contributed by atoms with Crippen LogP contribution in [0.25, 0.3) is 11.0 Å². The van der Waals surface area contributed by atoms with Crippen molar-refractivity contribution in [2.45, 2.75) is 70.1 Å². The molecule has 55 heavy (non-hydrogen) atoms. The summed E-state index contributed by atoms with van der Waals surface area (Å²) in [5.41, 5.74) is 16.0. The lowest BCUT2D eigenvalue weighted by Crippen LogP contribution is -2.46. The van der Waals surface area contributed by atoms with Gasteiger partial charge in [0.1, 0.15) is 28.3 Å². The molecule has 0 radical (unpaired) electrons. The van der Waals surface area contributed by atoms with Gasteiger partial charge in [-0.2, -0.15) is 4.98 Å². The number of fused-ring (bicyclic) bond motifs is 1. The molecule has 1 aromatic carbocycles. The number of rotatable bonds is 22. The first-order valence-electron chi connectivity index (χ1n) is 18.5. The number of nitrogens with two attached hydrogens (primary N) is 2. The topological polar surface area (TPSA) is 245 Å². The molecule has 1 amide bonds. The lowest BCUT2D eigenvalue weighted by atomic mass is 10.1. The average Bonchev–Trinajstić information content (AvgIpc) is 3.80. The highest BCUT2D eigenvalue weighted by Gasteiger charge is 2.25. The molecule has 1 saturated heterocycles. The number of carbonyl (C=O) groups is 3. The maximum Gasteiger partial charge on any atom is 0.321 e. The number of aliphatic carboxylic acids is 2. The van der Waals surface area contributed by atoms with E-state index < -0.39 is 29.1 Å². The van der Waals surface area contributed by atoms with Gasteiger partial charge in [-0.3, -0.25) is 28.9 Å². The Balaban J connectivity index is 1.06. The summed E-state index contributed by atoms with van der Waals surface area (Å²) in [6, 6.07) is 7.18. The van der Waals surface area contributed by atoms with Crippen LogP contribution in [0.1, 0.15) is 49.4 Å². The number of piperazine rings is 1. The Kier molecular flexibility index (Phi) is 15.0. The molecule has 4 heterocycles. The molecular weight excluding hydrogens is 729 g/mol. The number of benzene rings is 1. The van der Waals surface area contributed by atoms with Crippen molar-refractivity contribution in [1.29, 1.82) is 0 Å². The van der Waals surface area contributed by atoms with Crippen molar-refractivity contribution in [3.8, 4) is 5.75 Å². The van der Waals surface area contributed by atoms with Gasteiger partial charge >= 0.3 is 11.9 Å². The van der Waals surface area contributed by atoms with Gasteiger partial charge in [0.15, 0.2) is 5.82 Å². The van der Waals surface area contributed by atoms with Crippen LogP contribution in [-0.4, -0.2) is 131 Å². The first kappa shape index (κ1) is 41.2. The fourth-order valence-electron chi connectivity index (χ4n) is 6.30. The van der Waals surface area contributed by atoms with Crippen LogP contribution in [-0.2, 0) is 40.6 Å². The number of methoxy groups -OCH3 is 1. The number of nitrogen functional groups attached to an aromatic ring is 1. The molecule has 18 nitrogen and oxygen atoms in total. The molecule has 0 aliphatic carbocycles. The molecule has 8 N–H and O–H groups in total. The maximum absolute atomic E-state index is 12.4. The molecular formula is C36H52N12O6S. The van der Waals surface area contributed by atoms with Crippen LogP contribution in [0, 0.1) is 0 Å². The van der Waals surface area contributed by atoms with Crippen LogP contribution in [0.3, 0.4) is 0 Å². The SMILES string of the molecule is CCCCCNc1nc(N)nc2ccn(Cc3ccc(CN4CCN(CCn5cc(CNC(=O)C[C@H](SC[C@H](N)C(=O)O)C(=O)O)nn5)CC4)cc3OC)c12. The van der Waals surface area contributed by atoms with E-state index in [1.807, 2.05) is 12.3 Å². The van der Waals surface area contributed by atoms with Gasteiger partial charge in [0.25, 0.3) is 0 Å². The molecule has 5 rings (SSSR count). The van der Waals surface area contributed by atoms with Gasteiger partial charge < -0.3 is 41.6 Å². The zero-order chi connectivity index (χ0) is 39.3. The lowest BCUT2D eigenvalue weighted by molar-refractivity contribution is -0.139. The molecule has 2 atom stereocenters. The van der Waals surface area contributed by atoms with Crippen LogP contribution in [0.4, 0.5) is 11.8 Å². The molecule has 4 aromatic rings. The van der Waals surface area contributed by atoms with Crippen LogP contribution in [0.2, 0.25) is 0 Å². The molecule has 1 fully saturated rings. The first-order chi connectivity index (χ1) is 26.5. The van der Waals surface area contributed by atoms with Gasteiger partial charge in [0, 0.05) is 69.7 Å². The fraction of sp³-hybridized carbons (Fsp3) is 0.528. The predicted octanol–water partition coefficient (Wildman–Crippen LogP) is 1.69. The van der Waals surface area contributed by atoms with E-state index in [1.165, 1.54) is 5.56 Å². The van der Waals surface area contributed by atoms with Gasteiger partial charge in [0.2, 0.25) is 11.9 Å². The van der Waals surface area contributed by atoms with Crippen molar-refractivity contribution in [2.24, 2.45) is 5.73 Å². The highest BCUT2D eigenvalue weighted by molar-refractivity contribution is 8.00. The van der Waals surface area contributed by atoms with E-state index in [4.69, 9.17) is 21.3 Å². The summed E-state index contributed by atoms with van der Waals surface area (Å²) < 4.78 is 9.73. The minimum atomic E-state index is -1.23. The summed E-state index contributed by atoms with van der Waals surface area (Å²) in [5, 5.41) is 31.6. The first-order valence-corrected chi connectivity index (χ1v) is 19.5. The van der Waals surface area contributed by atoms with Crippen LogP contribution in [0.5, 0.6) is 5.75 Å². The number of unbranched alkanes of at least 4 members (excludes halogenated alkanes) is 2. The van der Waals surface area contributed by atoms with Crippen LogP contribution < -0.4 is 26.8 Å². The maximum atomic E-state index is 12.4. The second-order valence-corrected chi connectivity index (χ2v) is 14.8. The third kappa shape index (κ3) is 12.0. The number of ether oxygens (including phenoxy) is 1. The number of anilines is 2. The number of hydrogen-bond donors (Lipinski definition) is 6. The summed E-state index contributed by atoms with van der Waals surface area (Å²) in [7, 11) is 1.70. The highest BCUT2D eigenvalue weighted by Crippen LogP contribution is 2.28. The molecule has 3 aromatic heterocycles. The summed E-state index contributed by atoms with van der Waals surface area (Å²) in [5.74, 6) is -1.21. The molecule has 298 valence electrons. The van der Waals surface area contributed by atoms with Crippen LogP contribution in [0.15, 0.2) is 36.7 Å². The monoisotopic (exact) mass is 780 g/mol. The lowest BCUT2D eigenvalue weighted by Gasteiger charge is -2.34. The minimum Gasteiger partial charge on any atom is -0.496 e. The van der Waals surface area contributed by atoms with E-state index in [9.17, 15) is 19.5 Å². The van der Waals surface area contributed by atoms with Crippen molar-refractivity contribution < 1.29 is 29.3 Å². The summed E-state index contributed by atoms with van der Waals surface area (Å²) in [4.78, 5) is 48.6. The Hall–Kier alpha value is -4.98. The zero-order valence-corrected chi connectivity index (χ0v) is 32.2. The van der Waals surface area contributed by atoms with Crippen molar-refractivity contribution in [3.05, 3.63) is 53.5 Å². The molecule has 0 unspecified atom stereocenters. The molecule has 1 aliphatic heterocycles. The number of nitrogens with one attached hydrogen (secondary N) is 2. The number of hydrogen-bond acceptors (Lipinski definition) is 14. The smallest absolute Gasteiger partial charge is 0.321 e. The number of nitrogens with zero attached hydrogens (tertiary/aromatic N) is 8. The second-order valence-electron chi connectivity index (χ2n) is 13.6. The average molecular weight is 781 g/mol. The fourth-order valence-corrected chi connectivity index (χ4v) is 7.30. The predicted molar refractivity (Wildman–Crippen MR) is 210 cm³/mol. The molecule has 1 aliphatic rings. The van der Waals surface area contributed by atoms with Gasteiger partial charge in [-0.15, -0.1) is 16.9 Å². The zero-order valence-electron chi connectivity index (χ0n) is 31.4. The molecule has 0 bridgehead atoms. The van der Waals surface area contributed by atoms with Crippen molar-refractivity contribution in [3.63, 3.8) is 0 Å². The largest absolute Gasteiger partial charge is 0.496 e. The second kappa shape index (κ2) is 20.1. The van der Waals surface area contributed by atoms with E-state index >= 15 is 0 Å². The van der Waals surface area contributed by atoms with Crippen LogP contribution >= 0.6 is 11.8 Å². The standard InChI is InChI=1S/C36H52N12O6S/c1-3-4-5-9-39-33-32-28(41-36(38)42-33)8-10-47(32)21-25-7-6-24(17-29(25)54-2)20-46-13-11-45(12-14-46)15-16-48-22-26(43-44-48)19-40-31(49)18-30(35(52)53)55-23-27(37)34(50)51/h6-8,10,17,22,27,30H,3-5,9,11-16,18-21,23,37H2,1-2H3,(H,40,49)(H,50,51)(H,52,53)(H3,38,39,41,42)/t27-,30-/m0/s1. The van der Waals surface area contributed by atoms with E-state index in [0.717, 1.165) is 105 Å². The van der Waals surface area contributed by atoms with Crippen molar-refractivity contribution in [2.75, 3.05) is 63.2 Å². The Morgan fingerprint density at radius 3 is 2.53 bits per heavy atom. The molecule has 0 spiro atoms. The van der Waals surface area contributed by atoms with Gasteiger partial charge in [0.05, 0.1) is 38.5 Å². The van der Waals surface area contributed by atoms with E-state index in [1.54, 1.807) is 18.0 Å². The number of thioether (sulfide) groups is 1. The minimum absolute atomic E-state index is 0.0975. The van der Waals surface area contributed by atoms with E-state index in [2.05, 4.69) is 70.4 Å². The Labute approximate surface area is 324 Å². The molecule has 0 saturated carbocycles. The van der Waals surface area contributed by atoms with Crippen molar-refractivity contribution in [1.82, 2.24) is 44.6 Å². The van der Waals surface area contributed by atoms with E-state index in [-0.39, 0.29) is 24.7 Å². The number of aromatic nitrogens is 6. The summed E-state index contributed by atoms with van der Waals surface area (Å²) in [6.07, 6.45) is 6.80. The number of amides is 1. The number of carboxylic acid groups (broad SMARTS) is 2. The van der Waals surface area contributed by atoms with E-state index in [0.29, 0.717) is 18.8 Å². The number of carboxylic acids is 2. The van der Waals surface area contributed by atoms with Gasteiger partial charge in [-0.05, 0) is 24.1 Å². The quantitative estimate of drug-likeness (QED) is 0.0622. The van der Waals surface area contributed by atoms with Gasteiger partial charge in [-0.25, -0.2) is 4.98 Å².